The molecule has 2 rings (SSSR count). The van der Waals surface area contributed by atoms with Crippen LogP contribution in [-0.4, -0.2) is 37.2 Å². The molecule has 110 valence electrons. The molecular weight excluding hydrogens is 261 g/mol. The first-order valence-electron chi connectivity index (χ1n) is 6.96. The van der Waals surface area contributed by atoms with Crippen LogP contribution < -0.4 is 10.6 Å². The van der Waals surface area contributed by atoms with Gasteiger partial charge in [-0.05, 0) is 31.7 Å². The third kappa shape index (κ3) is 3.90. The number of carbonyl (C=O) groups excluding carboxylic acids is 1. The highest BCUT2D eigenvalue weighted by Crippen LogP contribution is 2.15. The Morgan fingerprint density at radius 2 is 2.45 bits per heavy atom. The molecule has 0 saturated carbocycles. The Morgan fingerprint density at radius 3 is 3.15 bits per heavy atom. The average molecular weight is 281 g/mol. The molecule has 1 unspecified atom stereocenters. The molecule has 1 atom stereocenters. The number of pyridine rings is 1. The van der Waals surface area contributed by atoms with Crippen molar-refractivity contribution in [2.75, 3.05) is 31.6 Å². The molecule has 1 aliphatic heterocycles. The lowest BCUT2D eigenvalue weighted by atomic mass is 10.0. The van der Waals surface area contributed by atoms with E-state index in [4.69, 9.17) is 4.74 Å². The molecule has 5 nitrogen and oxygen atoms in total. The number of carbonyl (C=O) groups is 1. The monoisotopic (exact) mass is 281 g/mol. The van der Waals surface area contributed by atoms with Crippen molar-refractivity contribution in [2.24, 2.45) is 5.92 Å². The van der Waals surface area contributed by atoms with E-state index < -0.39 is 5.82 Å². The maximum absolute atomic E-state index is 13.3. The second kappa shape index (κ2) is 7.19. The lowest BCUT2D eigenvalue weighted by Gasteiger charge is -2.22. The number of halogens is 1. The first-order chi connectivity index (χ1) is 9.70. The molecule has 0 bridgehead atoms. The van der Waals surface area contributed by atoms with Gasteiger partial charge in [-0.15, -0.1) is 0 Å². The van der Waals surface area contributed by atoms with E-state index in [2.05, 4.69) is 15.6 Å². The van der Waals surface area contributed by atoms with Crippen molar-refractivity contribution in [3.05, 3.63) is 23.6 Å². The minimum absolute atomic E-state index is 0.239. The van der Waals surface area contributed by atoms with E-state index in [9.17, 15) is 9.18 Å². The van der Waals surface area contributed by atoms with Crippen molar-refractivity contribution in [1.29, 1.82) is 0 Å². The summed E-state index contributed by atoms with van der Waals surface area (Å²) in [6.07, 6.45) is 3.16. The maximum Gasteiger partial charge on any atom is 0.255 e. The number of nitrogens with one attached hydrogen (secondary N) is 2. The third-order valence-electron chi connectivity index (χ3n) is 3.25. The first kappa shape index (κ1) is 14.7. The van der Waals surface area contributed by atoms with Gasteiger partial charge in [-0.25, -0.2) is 9.37 Å². The molecule has 1 saturated heterocycles. The van der Waals surface area contributed by atoms with E-state index in [1.807, 2.05) is 6.92 Å². The average Bonchev–Trinajstić information content (AvgIpc) is 2.48. The smallest absolute Gasteiger partial charge is 0.255 e. The number of anilines is 1. The Kier molecular flexibility index (Phi) is 5.29. The predicted molar refractivity (Wildman–Crippen MR) is 74.2 cm³/mol. The summed E-state index contributed by atoms with van der Waals surface area (Å²) in [6.45, 7) is 4.52. The lowest BCUT2D eigenvalue weighted by molar-refractivity contribution is 0.0536. The summed E-state index contributed by atoms with van der Waals surface area (Å²) in [7, 11) is 0. The zero-order valence-electron chi connectivity index (χ0n) is 11.6. The summed E-state index contributed by atoms with van der Waals surface area (Å²) < 4.78 is 18.6. The van der Waals surface area contributed by atoms with Gasteiger partial charge in [0.15, 0.2) is 0 Å². The second-order valence-corrected chi connectivity index (χ2v) is 4.87. The Labute approximate surface area is 117 Å². The number of hydrogen-bond acceptors (Lipinski definition) is 4. The van der Waals surface area contributed by atoms with Crippen LogP contribution in [0.15, 0.2) is 12.3 Å². The van der Waals surface area contributed by atoms with Crippen LogP contribution >= 0.6 is 0 Å². The summed E-state index contributed by atoms with van der Waals surface area (Å²) in [5, 5.41) is 5.79. The summed E-state index contributed by atoms with van der Waals surface area (Å²) in [6, 6.07) is 1.21. The van der Waals surface area contributed by atoms with Gasteiger partial charge in [0.2, 0.25) is 0 Å². The summed E-state index contributed by atoms with van der Waals surface area (Å²) in [5.41, 5.74) is 0.239. The molecule has 2 heterocycles. The molecule has 6 heteroatoms. The molecule has 2 N–H and O–H groups in total. The van der Waals surface area contributed by atoms with Crippen molar-refractivity contribution in [3.63, 3.8) is 0 Å². The van der Waals surface area contributed by atoms with Crippen LogP contribution in [0.2, 0.25) is 0 Å². The SMILES string of the molecule is CCNc1ncc(F)cc1C(=O)NCC1CCCOC1. The number of amides is 1. The highest BCUT2D eigenvalue weighted by atomic mass is 19.1. The summed E-state index contributed by atoms with van der Waals surface area (Å²) >= 11 is 0. The van der Waals surface area contributed by atoms with E-state index in [0.717, 1.165) is 25.6 Å². The first-order valence-corrected chi connectivity index (χ1v) is 6.96. The van der Waals surface area contributed by atoms with Gasteiger partial charge in [-0.1, -0.05) is 0 Å². The van der Waals surface area contributed by atoms with Gasteiger partial charge in [0.05, 0.1) is 18.4 Å². The molecule has 1 fully saturated rings. The van der Waals surface area contributed by atoms with E-state index in [-0.39, 0.29) is 11.5 Å². The van der Waals surface area contributed by atoms with Gasteiger partial charge in [-0.3, -0.25) is 4.79 Å². The maximum atomic E-state index is 13.3. The molecule has 0 spiro atoms. The molecule has 0 radical (unpaired) electrons. The number of ether oxygens (including phenoxy) is 1. The molecule has 1 aromatic rings. The fraction of sp³-hybridized carbons (Fsp3) is 0.571. The third-order valence-corrected chi connectivity index (χ3v) is 3.25. The normalized spacial score (nSPS) is 18.6. The molecule has 0 aliphatic carbocycles. The van der Waals surface area contributed by atoms with Crippen LogP contribution in [0.3, 0.4) is 0 Å². The standard InChI is InChI=1S/C14H20FN3O2/c1-2-16-13-12(6-11(15)8-17-13)14(19)18-7-10-4-3-5-20-9-10/h6,8,10H,2-5,7,9H2,1H3,(H,16,17)(H,18,19). The topological polar surface area (TPSA) is 63.2 Å². The van der Waals surface area contributed by atoms with Crippen LogP contribution in [0.5, 0.6) is 0 Å². The van der Waals surface area contributed by atoms with E-state index >= 15 is 0 Å². The molecular formula is C14H20FN3O2. The number of aromatic nitrogens is 1. The number of rotatable bonds is 5. The van der Waals surface area contributed by atoms with Crippen LogP contribution in [0.1, 0.15) is 30.1 Å². The zero-order valence-corrected chi connectivity index (χ0v) is 11.6. The minimum Gasteiger partial charge on any atom is -0.381 e. The van der Waals surface area contributed by atoms with E-state index in [1.165, 1.54) is 6.07 Å². The molecule has 20 heavy (non-hydrogen) atoms. The van der Waals surface area contributed by atoms with Crippen molar-refractivity contribution in [2.45, 2.75) is 19.8 Å². The predicted octanol–water partition coefficient (Wildman–Crippen LogP) is 1.81. The van der Waals surface area contributed by atoms with E-state index in [1.54, 1.807) is 0 Å². The number of hydrogen-bond donors (Lipinski definition) is 2. The fourth-order valence-electron chi connectivity index (χ4n) is 2.22. The largest absolute Gasteiger partial charge is 0.381 e. The Balaban J connectivity index is 1.98. The van der Waals surface area contributed by atoms with Crippen molar-refractivity contribution in [3.8, 4) is 0 Å². The van der Waals surface area contributed by atoms with Crippen LogP contribution in [0.25, 0.3) is 0 Å². The molecule has 1 aliphatic rings. The quantitative estimate of drug-likeness (QED) is 0.864. The van der Waals surface area contributed by atoms with Crippen molar-refractivity contribution >= 4 is 11.7 Å². The number of nitrogens with zero attached hydrogens (tertiary/aromatic N) is 1. The summed E-state index contributed by atoms with van der Waals surface area (Å²) in [4.78, 5) is 16.0. The highest BCUT2D eigenvalue weighted by molar-refractivity contribution is 5.98. The molecule has 0 aromatic carbocycles. The molecule has 1 aromatic heterocycles. The van der Waals surface area contributed by atoms with Gasteiger partial charge in [0.1, 0.15) is 11.6 Å². The van der Waals surface area contributed by atoms with Gasteiger partial charge >= 0.3 is 0 Å². The van der Waals surface area contributed by atoms with Gasteiger partial charge in [-0.2, -0.15) is 0 Å². The Hall–Kier alpha value is -1.69. The van der Waals surface area contributed by atoms with E-state index in [0.29, 0.717) is 31.4 Å². The Bertz CT molecular complexity index is 462. The van der Waals surface area contributed by atoms with Gasteiger partial charge in [0.25, 0.3) is 5.91 Å². The zero-order chi connectivity index (χ0) is 14.4. The highest BCUT2D eigenvalue weighted by Gasteiger charge is 2.17. The fourth-order valence-corrected chi connectivity index (χ4v) is 2.22. The van der Waals surface area contributed by atoms with Gasteiger partial charge < -0.3 is 15.4 Å². The second-order valence-electron chi connectivity index (χ2n) is 4.87. The summed E-state index contributed by atoms with van der Waals surface area (Å²) in [5.74, 6) is -0.0839. The molecule has 1 amide bonds. The van der Waals surface area contributed by atoms with Crippen LogP contribution in [-0.2, 0) is 4.74 Å². The van der Waals surface area contributed by atoms with Crippen molar-refractivity contribution in [1.82, 2.24) is 10.3 Å². The minimum atomic E-state index is -0.516. The lowest BCUT2D eigenvalue weighted by Crippen LogP contribution is -2.33. The van der Waals surface area contributed by atoms with Crippen LogP contribution in [0.4, 0.5) is 10.2 Å². The van der Waals surface area contributed by atoms with Crippen molar-refractivity contribution < 1.29 is 13.9 Å². The Morgan fingerprint density at radius 1 is 1.60 bits per heavy atom. The van der Waals surface area contributed by atoms with Gasteiger partial charge in [0, 0.05) is 19.7 Å². The van der Waals surface area contributed by atoms with Crippen LogP contribution in [0, 0.1) is 11.7 Å².